The molecule has 0 aliphatic carbocycles. The topological polar surface area (TPSA) is 115 Å². The van der Waals surface area contributed by atoms with Crippen LogP contribution < -0.4 is 0 Å². The fourth-order valence-electron chi connectivity index (χ4n) is 0.919. The molecule has 1 aromatic carbocycles. The second-order valence-electron chi connectivity index (χ2n) is 2.50. The van der Waals surface area contributed by atoms with Crippen molar-refractivity contribution in [3.8, 4) is 11.5 Å². The van der Waals surface area contributed by atoms with Crippen molar-refractivity contribution in [2.24, 2.45) is 0 Å². The minimum Gasteiger partial charge on any atom is -0.507 e. The zero-order chi connectivity index (χ0) is 10.9. The van der Waals surface area contributed by atoms with E-state index in [1.54, 1.807) is 0 Å². The molecular weight excluding hydrogens is 332 g/mol. The van der Waals surface area contributed by atoms with Crippen molar-refractivity contribution in [1.29, 1.82) is 0 Å². The largest absolute Gasteiger partial charge is 0.507 e. The van der Waals surface area contributed by atoms with Gasteiger partial charge in [0.15, 0.2) is 0 Å². The van der Waals surface area contributed by atoms with Crippen molar-refractivity contribution in [2.75, 3.05) is 0 Å². The zero-order valence-electron chi connectivity index (χ0n) is 7.26. The van der Waals surface area contributed by atoms with Gasteiger partial charge in [0.25, 0.3) is 0 Å². The van der Waals surface area contributed by atoms with Crippen molar-refractivity contribution in [3.05, 3.63) is 23.3 Å². The Bertz CT molecular complexity index is 374. The molecule has 4 N–H and O–H groups in total. The fourth-order valence-corrected chi connectivity index (χ4v) is 0.919. The third-order valence-electron chi connectivity index (χ3n) is 1.57. The summed E-state index contributed by atoms with van der Waals surface area (Å²) in [7, 11) is 0. The summed E-state index contributed by atoms with van der Waals surface area (Å²) in [4.78, 5) is 20.9. The van der Waals surface area contributed by atoms with Gasteiger partial charge in [-0.1, -0.05) is 0 Å². The van der Waals surface area contributed by atoms with Crippen LogP contribution in [0, 0.1) is 41.7 Å². The van der Waals surface area contributed by atoms with E-state index in [0.717, 1.165) is 0 Å². The first kappa shape index (κ1) is 14.1. The Labute approximate surface area is 118 Å². The van der Waals surface area contributed by atoms with Gasteiger partial charge in [-0.15, -0.1) is 0 Å². The molecule has 1 rings (SSSR count). The number of benzene rings is 1. The number of phenols is 2. The molecule has 0 saturated carbocycles. The molecule has 78 valence electrons. The summed E-state index contributed by atoms with van der Waals surface area (Å²) in [5.41, 5.74) is -1.10. The molecule has 0 amide bonds. The molecule has 0 aliphatic rings. The number of hydrogen-bond acceptors (Lipinski definition) is 4. The molecular formula is C8H6CeO6. The Morgan fingerprint density at radius 2 is 1.13 bits per heavy atom. The maximum absolute atomic E-state index is 10.4. The third kappa shape index (κ3) is 3.04. The van der Waals surface area contributed by atoms with Crippen molar-refractivity contribution in [2.45, 2.75) is 0 Å². The Morgan fingerprint density at radius 1 is 0.867 bits per heavy atom. The number of aromatic carboxylic acids is 2. The molecule has 0 bridgehead atoms. The normalized spacial score (nSPS) is 9.07. The van der Waals surface area contributed by atoms with E-state index in [1.165, 1.54) is 0 Å². The quantitative estimate of drug-likeness (QED) is 0.584. The maximum atomic E-state index is 10.4. The Balaban J connectivity index is 0.00000196. The van der Waals surface area contributed by atoms with Gasteiger partial charge in [0, 0.05) is 41.7 Å². The van der Waals surface area contributed by atoms with E-state index in [4.69, 9.17) is 20.4 Å². The number of aromatic hydroxyl groups is 2. The molecule has 0 fully saturated rings. The second-order valence-corrected chi connectivity index (χ2v) is 2.50. The molecule has 7 heteroatoms. The summed E-state index contributed by atoms with van der Waals surface area (Å²) < 4.78 is 0. The third-order valence-corrected chi connectivity index (χ3v) is 1.57. The van der Waals surface area contributed by atoms with Crippen LogP contribution in [0.1, 0.15) is 20.7 Å². The maximum Gasteiger partial charge on any atom is 0.339 e. The summed E-state index contributed by atoms with van der Waals surface area (Å²) in [6.07, 6.45) is 0. The van der Waals surface area contributed by atoms with Gasteiger partial charge in [0.2, 0.25) is 0 Å². The van der Waals surface area contributed by atoms with E-state index in [1.807, 2.05) is 0 Å². The van der Waals surface area contributed by atoms with Crippen molar-refractivity contribution in [3.63, 3.8) is 0 Å². The average molecular weight is 338 g/mol. The van der Waals surface area contributed by atoms with Crippen molar-refractivity contribution >= 4 is 11.9 Å². The summed E-state index contributed by atoms with van der Waals surface area (Å²) >= 11 is 0. The molecule has 0 atom stereocenters. The van der Waals surface area contributed by atoms with E-state index in [2.05, 4.69) is 0 Å². The Kier molecular flexibility index (Phi) is 4.98. The van der Waals surface area contributed by atoms with Crippen LogP contribution in [-0.2, 0) is 0 Å². The minimum absolute atomic E-state index is 0. The number of hydrogen-bond donors (Lipinski definition) is 4. The number of rotatable bonds is 2. The van der Waals surface area contributed by atoms with Crippen LogP contribution in [0.5, 0.6) is 11.5 Å². The first-order chi connectivity index (χ1) is 6.43. The van der Waals surface area contributed by atoms with Gasteiger partial charge in [0.05, 0.1) is 0 Å². The van der Waals surface area contributed by atoms with Gasteiger partial charge in [-0.25, -0.2) is 9.59 Å². The molecule has 0 heterocycles. The summed E-state index contributed by atoms with van der Waals surface area (Å²) in [6.45, 7) is 0. The van der Waals surface area contributed by atoms with Crippen LogP contribution in [0.4, 0.5) is 0 Å². The Morgan fingerprint density at radius 3 is 1.33 bits per heavy atom. The van der Waals surface area contributed by atoms with Crippen molar-refractivity contribution in [1.82, 2.24) is 0 Å². The van der Waals surface area contributed by atoms with Crippen molar-refractivity contribution < 1.29 is 71.8 Å². The standard InChI is InChI=1S/C8H6O6.Ce/c9-5-1-3(7(11)12)6(10)2-4(5)8(13)14;/h1-2,9-10H,(H,11,12)(H,13,14);. The van der Waals surface area contributed by atoms with Crippen LogP contribution in [0.25, 0.3) is 0 Å². The molecule has 0 radical (unpaired) electrons. The van der Waals surface area contributed by atoms with Gasteiger partial charge < -0.3 is 20.4 Å². The van der Waals surface area contributed by atoms with Crippen LogP contribution in [-0.4, -0.2) is 32.4 Å². The Hall–Kier alpha value is -0.863. The molecule has 0 aromatic heterocycles. The van der Waals surface area contributed by atoms with Crippen LogP contribution in [0.2, 0.25) is 0 Å². The first-order valence-corrected chi connectivity index (χ1v) is 3.46. The SMILES string of the molecule is O=C(O)c1cc(O)c(C(=O)O)cc1O.[Ce]. The molecule has 0 spiro atoms. The fraction of sp³-hybridized carbons (Fsp3) is 0. The van der Waals surface area contributed by atoms with Crippen LogP contribution >= 0.6 is 0 Å². The van der Waals surface area contributed by atoms with Gasteiger partial charge in [-0.3, -0.25) is 0 Å². The second kappa shape index (κ2) is 5.28. The summed E-state index contributed by atoms with van der Waals surface area (Å²) in [5.74, 6) is -4.30. The van der Waals surface area contributed by atoms with Gasteiger partial charge in [0.1, 0.15) is 22.6 Å². The first-order valence-electron chi connectivity index (χ1n) is 3.46. The smallest absolute Gasteiger partial charge is 0.339 e. The molecule has 1 aromatic rings. The van der Waals surface area contributed by atoms with E-state index in [-0.39, 0.29) is 41.7 Å². The number of carboxylic acid groups (broad SMARTS) is 2. The number of carboxylic acids is 2. The minimum atomic E-state index is -1.45. The van der Waals surface area contributed by atoms with Gasteiger partial charge >= 0.3 is 11.9 Å². The predicted molar refractivity (Wildman–Crippen MR) is 43.7 cm³/mol. The molecule has 0 unspecified atom stereocenters. The van der Waals surface area contributed by atoms with Gasteiger partial charge in [-0.2, -0.15) is 0 Å². The monoisotopic (exact) mass is 338 g/mol. The summed E-state index contributed by atoms with van der Waals surface area (Å²) in [5, 5.41) is 35.2. The zero-order valence-corrected chi connectivity index (χ0v) is 10.4. The predicted octanol–water partition coefficient (Wildman–Crippen LogP) is 0.494. The van der Waals surface area contributed by atoms with E-state index in [0.29, 0.717) is 12.1 Å². The molecule has 0 saturated heterocycles. The van der Waals surface area contributed by atoms with Crippen LogP contribution in [0.15, 0.2) is 12.1 Å². The molecule has 0 aliphatic heterocycles. The summed E-state index contributed by atoms with van der Waals surface area (Å²) in [6, 6.07) is 1.36. The van der Waals surface area contributed by atoms with Gasteiger partial charge in [-0.05, 0) is 12.1 Å². The van der Waals surface area contributed by atoms with E-state index < -0.39 is 34.6 Å². The molecule has 6 nitrogen and oxygen atoms in total. The molecule has 15 heavy (non-hydrogen) atoms. The van der Waals surface area contributed by atoms with Crippen LogP contribution in [0.3, 0.4) is 0 Å². The number of carbonyl (C=O) groups is 2. The van der Waals surface area contributed by atoms with E-state index >= 15 is 0 Å². The van der Waals surface area contributed by atoms with E-state index in [9.17, 15) is 9.59 Å². The average Bonchev–Trinajstić information content (AvgIpc) is 2.07.